The predicted octanol–water partition coefficient (Wildman–Crippen LogP) is 4.31. The first-order valence-corrected chi connectivity index (χ1v) is 10.7. The Labute approximate surface area is 190 Å². The molecule has 1 aliphatic rings. The predicted molar refractivity (Wildman–Crippen MR) is 121 cm³/mol. The van der Waals surface area contributed by atoms with Gasteiger partial charge in [0.2, 0.25) is 17.7 Å². The highest BCUT2D eigenvalue weighted by atomic mass is 35.5. The summed E-state index contributed by atoms with van der Waals surface area (Å²) in [5, 5.41) is 14.3. The molecule has 1 aliphatic heterocycles. The van der Waals surface area contributed by atoms with Crippen LogP contribution < -0.4 is 5.01 Å². The van der Waals surface area contributed by atoms with Crippen LogP contribution in [0.3, 0.4) is 0 Å². The van der Waals surface area contributed by atoms with Gasteiger partial charge in [0.05, 0.1) is 22.8 Å². The van der Waals surface area contributed by atoms with Crippen LogP contribution in [0.1, 0.15) is 32.6 Å². The Kier molecular flexibility index (Phi) is 6.32. The van der Waals surface area contributed by atoms with Crippen molar-refractivity contribution in [3.63, 3.8) is 0 Å². The number of hydrazone groups is 1. The molecule has 4 rings (SSSR count). The molecule has 0 saturated carbocycles. The number of anilines is 1. The molecule has 0 fully saturated rings. The van der Waals surface area contributed by atoms with Crippen molar-refractivity contribution >= 4 is 34.8 Å². The highest BCUT2D eigenvalue weighted by Crippen LogP contribution is 2.27. The number of nitrogens with zero attached hydrogens (tertiary/aromatic N) is 5. The van der Waals surface area contributed by atoms with Gasteiger partial charge in [0.1, 0.15) is 5.71 Å². The molecule has 0 radical (unpaired) electrons. The number of hydrogen-bond donors (Lipinski definition) is 0. The third-order valence-electron chi connectivity index (χ3n) is 5.04. The van der Waals surface area contributed by atoms with Crippen LogP contribution in [-0.2, 0) is 16.1 Å². The van der Waals surface area contributed by atoms with E-state index in [-0.39, 0.29) is 49.0 Å². The summed E-state index contributed by atoms with van der Waals surface area (Å²) in [5.41, 5.74) is 1.57. The largest absolute Gasteiger partial charge is 0.419 e. The second kappa shape index (κ2) is 9.32. The number of aromatic nitrogens is 2. The first-order chi connectivity index (χ1) is 15.4. The summed E-state index contributed by atoms with van der Waals surface area (Å²) < 4.78 is 5.77. The standard InChI is InChI=1S/C23H22ClN5O3/c1-15(2)28(14-20-25-26-22(32-20)17-10-6-7-11-18(17)24)23(31)19-12-13-21(30)29(27-19)16-8-4-3-5-9-16/h3-11,15H,12-14H2,1-2H3. The molecular weight excluding hydrogens is 430 g/mol. The van der Waals surface area contributed by atoms with Crippen LogP contribution in [0.4, 0.5) is 5.69 Å². The summed E-state index contributed by atoms with van der Waals surface area (Å²) in [4.78, 5) is 27.3. The van der Waals surface area contributed by atoms with Gasteiger partial charge in [-0.1, -0.05) is 41.9 Å². The van der Waals surface area contributed by atoms with Gasteiger partial charge in [-0.3, -0.25) is 9.59 Å². The van der Waals surface area contributed by atoms with Crippen molar-refractivity contribution in [2.24, 2.45) is 5.10 Å². The van der Waals surface area contributed by atoms with E-state index in [9.17, 15) is 9.59 Å². The van der Waals surface area contributed by atoms with E-state index in [1.54, 1.807) is 29.2 Å². The van der Waals surface area contributed by atoms with Gasteiger partial charge in [0.15, 0.2) is 0 Å². The molecule has 8 nitrogen and oxygen atoms in total. The molecule has 0 atom stereocenters. The molecule has 0 N–H and O–H groups in total. The summed E-state index contributed by atoms with van der Waals surface area (Å²) in [6.45, 7) is 3.91. The SMILES string of the molecule is CC(C)N(Cc1nnc(-c2ccccc2Cl)o1)C(=O)C1=NN(c2ccccc2)C(=O)CC1. The lowest BCUT2D eigenvalue weighted by Crippen LogP contribution is -2.44. The van der Waals surface area contributed by atoms with Crippen LogP contribution in [0.15, 0.2) is 64.1 Å². The number of para-hydroxylation sites is 1. The average molecular weight is 452 g/mol. The van der Waals surface area contributed by atoms with Crippen molar-refractivity contribution in [1.82, 2.24) is 15.1 Å². The van der Waals surface area contributed by atoms with Gasteiger partial charge in [-0.15, -0.1) is 10.2 Å². The van der Waals surface area contributed by atoms with Gasteiger partial charge >= 0.3 is 0 Å². The maximum atomic E-state index is 13.3. The summed E-state index contributed by atoms with van der Waals surface area (Å²) in [7, 11) is 0. The number of halogens is 1. The van der Waals surface area contributed by atoms with Gasteiger partial charge in [-0.05, 0) is 38.1 Å². The minimum atomic E-state index is -0.272. The molecule has 0 saturated heterocycles. The number of amides is 2. The van der Waals surface area contributed by atoms with Crippen LogP contribution in [0.25, 0.3) is 11.5 Å². The maximum Gasteiger partial charge on any atom is 0.270 e. The normalized spacial score (nSPS) is 13.9. The monoisotopic (exact) mass is 451 g/mol. The molecule has 3 aromatic rings. The molecule has 9 heteroatoms. The van der Waals surface area contributed by atoms with Crippen molar-refractivity contribution in [3.8, 4) is 11.5 Å². The lowest BCUT2D eigenvalue weighted by molar-refractivity contribution is -0.126. The minimum Gasteiger partial charge on any atom is -0.419 e. The first-order valence-electron chi connectivity index (χ1n) is 10.3. The topological polar surface area (TPSA) is 91.9 Å². The summed E-state index contributed by atoms with van der Waals surface area (Å²) in [6.07, 6.45) is 0.488. The number of hydrogen-bond acceptors (Lipinski definition) is 6. The van der Waals surface area contributed by atoms with E-state index in [1.165, 1.54) is 5.01 Å². The van der Waals surface area contributed by atoms with Crippen LogP contribution >= 0.6 is 11.6 Å². The van der Waals surface area contributed by atoms with Crippen LogP contribution in [0, 0.1) is 0 Å². The third-order valence-corrected chi connectivity index (χ3v) is 5.37. The van der Waals surface area contributed by atoms with Crippen molar-refractivity contribution in [3.05, 3.63) is 65.5 Å². The van der Waals surface area contributed by atoms with Crippen molar-refractivity contribution in [2.45, 2.75) is 39.3 Å². The Morgan fingerprint density at radius 3 is 2.53 bits per heavy atom. The lowest BCUT2D eigenvalue weighted by atomic mass is 10.1. The van der Waals surface area contributed by atoms with Gasteiger partial charge in [-0.2, -0.15) is 5.10 Å². The summed E-state index contributed by atoms with van der Waals surface area (Å²) >= 11 is 6.21. The summed E-state index contributed by atoms with van der Waals surface area (Å²) in [5.74, 6) is 0.156. The van der Waals surface area contributed by atoms with E-state index in [4.69, 9.17) is 16.0 Å². The van der Waals surface area contributed by atoms with E-state index < -0.39 is 0 Å². The van der Waals surface area contributed by atoms with E-state index in [0.717, 1.165) is 0 Å². The fraction of sp³-hybridized carbons (Fsp3) is 0.261. The molecule has 2 amide bonds. The maximum absolute atomic E-state index is 13.3. The zero-order valence-electron chi connectivity index (χ0n) is 17.7. The highest BCUT2D eigenvalue weighted by Gasteiger charge is 2.30. The van der Waals surface area contributed by atoms with Gasteiger partial charge in [0.25, 0.3) is 5.91 Å². The van der Waals surface area contributed by atoms with Crippen molar-refractivity contribution in [2.75, 3.05) is 5.01 Å². The van der Waals surface area contributed by atoms with Crippen LogP contribution in [-0.4, -0.2) is 38.7 Å². The Bertz CT molecular complexity index is 1160. The molecule has 0 bridgehead atoms. The zero-order valence-corrected chi connectivity index (χ0v) is 18.5. The number of carbonyl (C=O) groups excluding carboxylic acids is 2. The quantitative estimate of drug-likeness (QED) is 0.556. The molecular formula is C23H22ClN5O3. The highest BCUT2D eigenvalue weighted by molar-refractivity contribution is 6.40. The molecule has 164 valence electrons. The lowest BCUT2D eigenvalue weighted by Gasteiger charge is -2.29. The number of rotatable bonds is 6. The van der Waals surface area contributed by atoms with E-state index >= 15 is 0 Å². The van der Waals surface area contributed by atoms with Gasteiger partial charge < -0.3 is 9.32 Å². The first kappa shape index (κ1) is 21.7. The van der Waals surface area contributed by atoms with Crippen molar-refractivity contribution in [1.29, 1.82) is 0 Å². The average Bonchev–Trinajstić information content (AvgIpc) is 3.26. The molecule has 0 aliphatic carbocycles. The van der Waals surface area contributed by atoms with E-state index in [1.807, 2.05) is 44.2 Å². The Balaban J connectivity index is 1.56. The molecule has 0 unspecified atom stereocenters. The number of benzene rings is 2. The fourth-order valence-corrected chi connectivity index (χ4v) is 3.56. The smallest absolute Gasteiger partial charge is 0.270 e. The molecule has 2 heterocycles. The van der Waals surface area contributed by atoms with Crippen LogP contribution in [0.2, 0.25) is 5.02 Å². The summed E-state index contributed by atoms with van der Waals surface area (Å²) in [6, 6.07) is 16.1. The van der Waals surface area contributed by atoms with Gasteiger partial charge in [0, 0.05) is 18.9 Å². The van der Waals surface area contributed by atoms with Crippen LogP contribution in [0.5, 0.6) is 0 Å². The minimum absolute atomic E-state index is 0.117. The van der Waals surface area contributed by atoms with Gasteiger partial charge in [-0.25, -0.2) is 5.01 Å². The molecule has 0 spiro atoms. The Hall–Kier alpha value is -3.52. The second-order valence-corrected chi connectivity index (χ2v) is 8.00. The zero-order chi connectivity index (χ0) is 22.7. The fourth-order valence-electron chi connectivity index (χ4n) is 3.34. The Morgan fingerprint density at radius 2 is 1.81 bits per heavy atom. The second-order valence-electron chi connectivity index (χ2n) is 7.60. The van der Waals surface area contributed by atoms with E-state index in [0.29, 0.717) is 22.0 Å². The molecule has 32 heavy (non-hydrogen) atoms. The molecule has 1 aromatic heterocycles. The van der Waals surface area contributed by atoms with E-state index in [2.05, 4.69) is 15.3 Å². The number of carbonyl (C=O) groups is 2. The third kappa shape index (κ3) is 4.55. The van der Waals surface area contributed by atoms with Crippen molar-refractivity contribution < 1.29 is 14.0 Å². The molecule has 2 aromatic carbocycles. The Morgan fingerprint density at radius 1 is 1.09 bits per heavy atom.